The van der Waals surface area contributed by atoms with Crippen molar-refractivity contribution in [3.05, 3.63) is 63.3 Å². The van der Waals surface area contributed by atoms with Crippen molar-refractivity contribution in [2.75, 3.05) is 17.3 Å². The lowest BCUT2D eigenvalue weighted by atomic mass is 10.2. The van der Waals surface area contributed by atoms with E-state index in [1.807, 2.05) is 0 Å². The van der Waals surface area contributed by atoms with Crippen LogP contribution < -0.4 is 15.0 Å². The Hall–Kier alpha value is -3.03. The number of ether oxygens (including phenoxy) is 1. The van der Waals surface area contributed by atoms with E-state index in [4.69, 9.17) is 33.0 Å². The second-order valence-electron chi connectivity index (χ2n) is 5.92. The topological polar surface area (TPSA) is 95.9 Å². The number of aromatic carboxylic acids is 1. The summed E-state index contributed by atoms with van der Waals surface area (Å²) in [5.74, 6) is -2.32. The molecule has 2 aromatic rings. The lowest BCUT2D eigenvalue weighted by Crippen LogP contribution is -2.32. The molecular formula is C19H14Cl2N2O5. The van der Waals surface area contributed by atoms with Gasteiger partial charge in [0, 0.05) is 16.8 Å². The molecule has 28 heavy (non-hydrogen) atoms. The van der Waals surface area contributed by atoms with Gasteiger partial charge in [-0.05, 0) is 36.8 Å². The van der Waals surface area contributed by atoms with Crippen molar-refractivity contribution in [2.45, 2.75) is 6.92 Å². The van der Waals surface area contributed by atoms with Crippen molar-refractivity contribution in [1.29, 1.82) is 0 Å². The molecule has 0 saturated heterocycles. The molecule has 1 aliphatic heterocycles. The van der Waals surface area contributed by atoms with Gasteiger partial charge in [0.05, 0.1) is 18.4 Å². The zero-order chi connectivity index (χ0) is 20.6. The summed E-state index contributed by atoms with van der Waals surface area (Å²) in [5.41, 5.74) is 1.00. The number of nitrogens with zero attached hydrogens (tertiary/aromatic N) is 1. The number of benzene rings is 2. The quantitative estimate of drug-likeness (QED) is 0.714. The molecule has 2 amide bonds. The van der Waals surface area contributed by atoms with Crippen LogP contribution in [0.15, 0.2) is 47.1 Å². The Balaban J connectivity index is 1.98. The fraction of sp³-hybridized carbons (Fsp3) is 0.105. The summed E-state index contributed by atoms with van der Waals surface area (Å²) in [7, 11) is 1.39. The van der Waals surface area contributed by atoms with E-state index in [1.165, 1.54) is 31.4 Å². The maximum atomic E-state index is 12.9. The number of hydrogen-bond acceptors (Lipinski definition) is 5. The smallest absolute Gasteiger partial charge is 0.335 e. The van der Waals surface area contributed by atoms with Crippen LogP contribution >= 0.6 is 23.2 Å². The Bertz CT molecular complexity index is 1050. The minimum Gasteiger partial charge on any atom is -0.494 e. The maximum Gasteiger partial charge on any atom is 0.335 e. The van der Waals surface area contributed by atoms with E-state index in [0.717, 1.165) is 4.90 Å². The van der Waals surface area contributed by atoms with Gasteiger partial charge in [-0.15, -0.1) is 0 Å². The summed E-state index contributed by atoms with van der Waals surface area (Å²) < 4.78 is 5.24. The minimum absolute atomic E-state index is 0.0188. The normalized spacial score (nSPS) is 13.9. The molecular weight excluding hydrogens is 407 g/mol. The average Bonchev–Trinajstić information content (AvgIpc) is 2.87. The molecule has 144 valence electrons. The average molecular weight is 421 g/mol. The van der Waals surface area contributed by atoms with Crippen LogP contribution in [0.3, 0.4) is 0 Å². The van der Waals surface area contributed by atoms with Gasteiger partial charge in [0.15, 0.2) is 0 Å². The van der Waals surface area contributed by atoms with Crippen molar-refractivity contribution < 1.29 is 24.2 Å². The van der Waals surface area contributed by atoms with Gasteiger partial charge in [-0.3, -0.25) is 9.59 Å². The van der Waals surface area contributed by atoms with Crippen molar-refractivity contribution in [2.24, 2.45) is 0 Å². The first-order valence-corrected chi connectivity index (χ1v) is 8.73. The fourth-order valence-corrected chi connectivity index (χ4v) is 3.06. The lowest BCUT2D eigenvalue weighted by Gasteiger charge is -2.19. The Morgan fingerprint density at radius 3 is 2.50 bits per heavy atom. The summed E-state index contributed by atoms with van der Waals surface area (Å²) in [4.78, 5) is 37.6. The van der Waals surface area contributed by atoms with Gasteiger partial charge in [0.2, 0.25) is 0 Å². The van der Waals surface area contributed by atoms with E-state index in [2.05, 4.69) is 5.32 Å². The number of nitrogens with one attached hydrogen (secondary N) is 1. The molecule has 0 unspecified atom stereocenters. The first-order chi connectivity index (χ1) is 13.2. The highest BCUT2D eigenvalue weighted by Gasteiger charge is 2.40. The predicted octanol–water partition coefficient (Wildman–Crippen LogP) is 3.79. The van der Waals surface area contributed by atoms with Gasteiger partial charge >= 0.3 is 5.97 Å². The van der Waals surface area contributed by atoms with Crippen molar-refractivity contribution >= 4 is 52.4 Å². The van der Waals surface area contributed by atoms with Gasteiger partial charge in [0.1, 0.15) is 16.5 Å². The summed E-state index contributed by atoms with van der Waals surface area (Å²) in [5, 5.41) is 11.9. The number of carboxylic acid groups (broad SMARTS) is 1. The maximum absolute atomic E-state index is 12.9. The van der Waals surface area contributed by atoms with E-state index in [-0.39, 0.29) is 27.7 Å². The largest absolute Gasteiger partial charge is 0.494 e. The van der Waals surface area contributed by atoms with Crippen LogP contribution in [0.5, 0.6) is 5.75 Å². The number of anilines is 2. The summed E-state index contributed by atoms with van der Waals surface area (Å²) in [6.07, 6.45) is 0. The molecule has 0 radical (unpaired) electrons. The van der Waals surface area contributed by atoms with E-state index in [0.29, 0.717) is 16.3 Å². The van der Waals surface area contributed by atoms with Crippen LogP contribution in [-0.4, -0.2) is 30.0 Å². The molecule has 0 aromatic heterocycles. The number of halogens is 2. The van der Waals surface area contributed by atoms with Crippen LogP contribution in [0.1, 0.15) is 15.9 Å². The van der Waals surface area contributed by atoms with E-state index in [9.17, 15) is 14.4 Å². The molecule has 0 aliphatic carbocycles. The number of rotatable bonds is 5. The Morgan fingerprint density at radius 2 is 1.86 bits per heavy atom. The second-order valence-corrected chi connectivity index (χ2v) is 6.70. The number of carboxylic acids is 1. The molecule has 9 heteroatoms. The molecule has 0 bridgehead atoms. The number of hydrogen-bond donors (Lipinski definition) is 2. The van der Waals surface area contributed by atoms with Crippen LogP contribution in [-0.2, 0) is 9.59 Å². The summed E-state index contributed by atoms with van der Waals surface area (Å²) >= 11 is 12.2. The number of aryl methyl sites for hydroxylation is 1. The summed E-state index contributed by atoms with van der Waals surface area (Å²) in [6.45, 7) is 1.72. The number of carbonyl (C=O) groups excluding carboxylic acids is 2. The molecule has 1 aliphatic rings. The Morgan fingerprint density at radius 1 is 1.14 bits per heavy atom. The molecule has 2 aromatic carbocycles. The number of carbonyl (C=O) groups is 3. The zero-order valence-electron chi connectivity index (χ0n) is 14.7. The molecule has 7 nitrogen and oxygen atoms in total. The molecule has 0 fully saturated rings. The van der Waals surface area contributed by atoms with Gasteiger partial charge in [-0.1, -0.05) is 29.3 Å². The predicted molar refractivity (Wildman–Crippen MR) is 105 cm³/mol. The molecule has 0 saturated carbocycles. The zero-order valence-corrected chi connectivity index (χ0v) is 16.3. The number of methoxy groups -OCH3 is 1. The van der Waals surface area contributed by atoms with E-state index < -0.39 is 17.8 Å². The standard InChI is InChI=1S/C19H14Cl2N2O5/c1-9-6-13(14(28-2)8-12(9)20)23-17(24)15(21)16(18(23)25)22-11-5-3-4-10(7-11)19(26)27/h3-8,22H,1-2H3,(H,26,27). The van der Waals surface area contributed by atoms with Crippen LogP contribution in [0.25, 0.3) is 0 Å². The van der Waals surface area contributed by atoms with Crippen LogP contribution in [0.4, 0.5) is 11.4 Å². The molecule has 0 spiro atoms. The fourth-order valence-electron chi connectivity index (χ4n) is 2.69. The Labute approximate surface area is 170 Å². The molecule has 0 atom stereocenters. The third kappa shape index (κ3) is 3.42. The van der Waals surface area contributed by atoms with E-state index >= 15 is 0 Å². The first kappa shape index (κ1) is 19.7. The third-order valence-electron chi connectivity index (χ3n) is 4.11. The van der Waals surface area contributed by atoms with Gasteiger partial charge < -0.3 is 15.2 Å². The third-order valence-corrected chi connectivity index (χ3v) is 4.87. The monoisotopic (exact) mass is 420 g/mol. The van der Waals surface area contributed by atoms with Gasteiger partial charge in [-0.25, -0.2) is 9.69 Å². The lowest BCUT2D eigenvalue weighted by molar-refractivity contribution is -0.120. The number of imide groups is 1. The summed E-state index contributed by atoms with van der Waals surface area (Å²) in [6, 6.07) is 8.84. The minimum atomic E-state index is -1.12. The van der Waals surface area contributed by atoms with Crippen LogP contribution in [0.2, 0.25) is 5.02 Å². The number of amides is 2. The highest BCUT2D eigenvalue weighted by molar-refractivity contribution is 6.53. The van der Waals surface area contributed by atoms with Crippen molar-refractivity contribution in [3.8, 4) is 5.75 Å². The van der Waals surface area contributed by atoms with Crippen molar-refractivity contribution in [1.82, 2.24) is 0 Å². The van der Waals surface area contributed by atoms with Crippen molar-refractivity contribution in [3.63, 3.8) is 0 Å². The molecule has 3 rings (SSSR count). The Kier molecular flexibility index (Phi) is 5.31. The second kappa shape index (κ2) is 7.53. The molecule has 1 heterocycles. The van der Waals surface area contributed by atoms with Gasteiger partial charge in [-0.2, -0.15) is 0 Å². The molecule has 2 N–H and O–H groups in total. The highest BCUT2D eigenvalue weighted by atomic mass is 35.5. The van der Waals surface area contributed by atoms with Crippen LogP contribution in [0, 0.1) is 6.92 Å². The highest BCUT2D eigenvalue weighted by Crippen LogP contribution is 2.38. The van der Waals surface area contributed by atoms with E-state index in [1.54, 1.807) is 19.1 Å². The first-order valence-electron chi connectivity index (χ1n) is 7.97. The SMILES string of the molecule is COc1cc(Cl)c(C)cc1N1C(=O)C(Cl)=C(Nc2cccc(C(=O)O)c2)C1=O. The van der Waals surface area contributed by atoms with Gasteiger partial charge in [0.25, 0.3) is 11.8 Å².